The quantitative estimate of drug-likeness (QED) is 0.378. The summed E-state index contributed by atoms with van der Waals surface area (Å²) >= 11 is 0.794. The summed E-state index contributed by atoms with van der Waals surface area (Å²) in [5.74, 6) is -0.254. The molecular formula is C18H10F6N4O2S2. The third kappa shape index (κ3) is 3.72. The summed E-state index contributed by atoms with van der Waals surface area (Å²) in [5.41, 5.74) is -3.08. The number of thiophene rings is 1. The molecule has 4 heterocycles. The van der Waals surface area contributed by atoms with Crippen LogP contribution in [0, 0.1) is 0 Å². The normalized spacial score (nSPS) is 13.1. The molecule has 168 valence electrons. The Morgan fingerprint density at radius 3 is 2.19 bits per heavy atom. The molecule has 0 radical (unpaired) electrons. The number of imidazole rings is 1. The lowest BCUT2D eigenvalue weighted by molar-refractivity contribution is -0.138. The smallest absolute Gasteiger partial charge is 0.310 e. The van der Waals surface area contributed by atoms with Crippen LogP contribution in [-0.4, -0.2) is 27.9 Å². The molecule has 6 nitrogen and oxygen atoms in total. The van der Waals surface area contributed by atoms with Crippen LogP contribution < -0.4 is 0 Å². The first-order valence-electron chi connectivity index (χ1n) is 8.56. The maximum Gasteiger partial charge on any atom is 0.417 e. The highest BCUT2D eigenvalue weighted by Gasteiger charge is 2.36. The van der Waals surface area contributed by atoms with E-state index in [1.807, 2.05) is 0 Å². The van der Waals surface area contributed by atoms with Gasteiger partial charge in [-0.2, -0.15) is 26.3 Å². The van der Waals surface area contributed by atoms with Gasteiger partial charge >= 0.3 is 12.4 Å². The molecule has 0 aliphatic heterocycles. The first-order valence-corrected chi connectivity index (χ1v) is 10.9. The molecule has 0 amide bonds. The van der Waals surface area contributed by atoms with Crippen LogP contribution in [0.4, 0.5) is 26.3 Å². The second-order valence-corrected chi connectivity index (χ2v) is 9.66. The molecule has 0 unspecified atom stereocenters. The van der Waals surface area contributed by atoms with Crippen LogP contribution in [0.2, 0.25) is 0 Å². The van der Waals surface area contributed by atoms with Crippen LogP contribution in [0.1, 0.15) is 11.1 Å². The van der Waals surface area contributed by atoms with E-state index in [1.54, 1.807) is 0 Å². The third-order valence-electron chi connectivity index (χ3n) is 4.48. The number of aryl methyl sites for hydroxylation is 1. The summed E-state index contributed by atoms with van der Waals surface area (Å²) < 4.78 is 106. The van der Waals surface area contributed by atoms with Crippen molar-refractivity contribution in [2.24, 2.45) is 7.05 Å². The molecule has 0 saturated carbocycles. The van der Waals surface area contributed by atoms with Crippen LogP contribution in [0.25, 0.3) is 22.7 Å². The minimum absolute atomic E-state index is 0.0332. The van der Waals surface area contributed by atoms with Crippen molar-refractivity contribution in [1.29, 1.82) is 0 Å². The Bertz CT molecular complexity index is 1420. The number of aromatic nitrogens is 4. The van der Waals surface area contributed by atoms with Gasteiger partial charge in [-0.05, 0) is 23.6 Å². The monoisotopic (exact) mass is 492 g/mol. The van der Waals surface area contributed by atoms with E-state index < -0.39 is 43.9 Å². The van der Waals surface area contributed by atoms with Crippen LogP contribution in [0.5, 0.6) is 0 Å². The summed E-state index contributed by atoms with van der Waals surface area (Å²) in [6.45, 7) is 0. The molecule has 0 spiro atoms. The van der Waals surface area contributed by atoms with Gasteiger partial charge in [-0.1, -0.05) is 6.07 Å². The highest BCUT2D eigenvalue weighted by Crippen LogP contribution is 2.37. The average molecular weight is 492 g/mol. The molecule has 0 aliphatic rings. The Morgan fingerprint density at radius 2 is 1.59 bits per heavy atom. The summed E-state index contributed by atoms with van der Waals surface area (Å²) in [6.07, 6.45) is -8.55. The fourth-order valence-corrected chi connectivity index (χ4v) is 5.49. The number of alkyl halides is 6. The SMILES string of the molecule is Cn1c(-c2ncc(C(F)(F)F)cc2S(=O)(=O)c2cccs2)nc2cc(C(F)(F)F)cnc21. The zero-order chi connectivity index (χ0) is 23.5. The maximum atomic E-state index is 13.3. The lowest BCUT2D eigenvalue weighted by Gasteiger charge is -2.12. The fraction of sp³-hybridized carbons (Fsp3) is 0.167. The van der Waals surface area contributed by atoms with Gasteiger partial charge in [-0.25, -0.2) is 18.4 Å². The molecule has 0 fully saturated rings. The van der Waals surface area contributed by atoms with Gasteiger partial charge in [-0.3, -0.25) is 4.98 Å². The summed E-state index contributed by atoms with van der Waals surface area (Å²) in [5, 5.41) is 1.44. The summed E-state index contributed by atoms with van der Waals surface area (Å²) in [6, 6.07) is 3.78. The highest BCUT2D eigenvalue weighted by atomic mass is 32.2. The van der Waals surface area contributed by atoms with Gasteiger partial charge < -0.3 is 4.57 Å². The van der Waals surface area contributed by atoms with Gasteiger partial charge in [0.15, 0.2) is 11.5 Å². The summed E-state index contributed by atoms with van der Waals surface area (Å²) in [4.78, 5) is 10.6. The van der Waals surface area contributed by atoms with E-state index in [4.69, 9.17) is 0 Å². The van der Waals surface area contributed by atoms with Gasteiger partial charge in [-0.15, -0.1) is 11.3 Å². The zero-order valence-corrected chi connectivity index (χ0v) is 17.4. The molecule has 4 rings (SSSR count). The van der Waals surface area contributed by atoms with E-state index in [0.29, 0.717) is 24.5 Å². The average Bonchev–Trinajstić information content (AvgIpc) is 3.35. The third-order valence-corrected chi connectivity index (χ3v) is 7.64. The first kappa shape index (κ1) is 22.2. The molecule has 0 N–H and O–H groups in total. The predicted octanol–water partition coefficient (Wildman–Crippen LogP) is 4.96. The van der Waals surface area contributed by atoms with E-state index >= 15 is 0 Å². The molecule has 4 aromatic rings. The van der Waals surface area contributed by atoms with Crippen molar-refractivity contribution in [3.63, 3.8) is 0 Å². The van der Waals surface area contributed by atoms with Crippen LogP contribution in [0.15, 0.2) is 51.1 Å². The number of rotatable bonds is 3. The van der Waals surface area contributed by atoms with Crippen LogP contribution in [0.3, 0.4) is 0 Å². The Morgan fingerprint density at radius 1 is 0.969 bits per heavy atom. The van der Waals surface area contributed by atoms with Crippen molar-refractivity contribution in [3.8, 4) is 11.5 Å². The van der Waals surface area contributed by atoms with Gasteiger partial charge in [0.05, 0.1) is 11.1 Å². The predicted molar refractivity (Wildman–Crippen MR) is 102 cm³/mol. The maximum absolute atomic E-state index is 13.3. The number of sulfone groups is 1. The van der Waals surface area contributed by atoms with Crippen LogP contribution >= 0.6 is 11.3 Å². The van der Waals surface area contributed by atoms with E-state index in [-0.39, 0.29) is 21.2 Å². The minimum Gasteiger partial charge on any atom is -0.310 e. The van der Waals surface area contributed by atoms with Gasteiger partial charge in [0.2, 0.25) is 9.84 Å². The van der Waals surface area contributed by atoms with Gasteiger partial charge in [0.1, 0.15) is 20.3 Å². The number of halogens is 6. The lowest BCUT2D eigenvalue weighted by Crippen LogP contribution is -2.11. The largest absolute Gasteiger partial charge is 0.417 e. The van der Waals surface area contributed by atoms with Gasteiger partial charge in [0, 0.05) is 19.4 Å². The fourth-order valence-electron chi connectivity index (χ4n) is 2.94. The second-order valence-electron chi connectivity index (χ2n) is 6.56. The molecule has 14 heteroatoms. The molecule has 0 aromatic carbocycles. The van der Waals surface area contributed by atoms with Crippen molar-refractivity contribution in [1.82, 2.24) is 19.5 Å². The molecule has 0 saturated heterocycles. The molecule has 0 atom stereocenters. The van der Waals surface area contributed by atoms with E-state index in [2.05, 4.69) is 15.0 Å². The zero-order valence-electron chi connectivity index (χ0n) is 15.7. The van der Waals surface area contributed by atoms with E-state index in [9.17, 15) is 34.8 Å². The lowest BCUT2D eigenvalue weighted by atomic mass is 10.2. The van der Waals surface area contributed by atoms with Crippen LogP contribution in [-0.2, 0) is 29.2 Å². The second kappa shape index (κ2) is 7.27. The first-order chi connectivity index (χ1) is 14.8. The van der Waals surface area contributed by atoms with Crippen molar-refractivity contribution in [2.75, 3.05) is 0 Å². The molecule has 0 bridgehead atoms. The minimum atomic E-state index is -4.87. The van der Waals surface area contributed by atoms with Crippen molar-refractivity contribution in [3.05, 3.63) is 53.2 Å². The molecule has 4 aromatic heterocycles. The Balaban J connectivity index is 2.00. The Labute approximate surface area is 180 Å². The number of hydrogen-bond donors (Lipinski definition) is 0. The molecule has 0 aliphatic carbocycles. The Hall–Kier alpha value is -3.00. The topological polar surface area (TPSA) is 77.7 Å². The standard InChI is InChI=1S/C18H10F6N4O2S2/c1-28-15-11(5-9(8-26-15)17(19,20)21)27-16(28)14-12(6-10(7-25-14)18(22,23)24)32(29,30)13-3-2-4-31-13/h2-8H,1H3. The van der Waals surface area contributed by atoms with Crippen molar-refractivity contribution in [2.45, 2.75) is 21.5 Å². The molecular weight excluding hydrogens is 482 g/mol. The van der Waals surface area contributed by atoms with Crippen molar-refractivity contribution < 1.29 is 34.8 Å². The van der Waals surface area contributed by atoms with Crippen molar-refractivity contribution >= 4 is 32.3 Å². The number of nitrogens with zero attached hydrogens (tertiary/aromatic N) is 4. The highest BCUT2D eigenvalue weighted by molar-refractivity contribution is 7.93. The van der Waals surface area contributed by atoms with E-state index in [1.165, 1.54) is 29.1 Å². The summed E-state index contributed by atoms with van der Waals surface area (Å²) in [7, 11) is -3.10. The van der Waals surface area contributed by atoms with Gasteiger partial charge in [0.25, 0.3) is 0 Å². The number of pyridine rings is 2. The Kier molecular flexibility index (Phi) is 5.04. The number of fused-ring (bicyclic) bond motifs is 1. The van der Waals surface area contributed by atoms with E-state index in [0.717, 1.165) is 11.3 Å². The number of hydrogen-bond acceptors (Lipinski definition) is 6. The molecule has 32 heavy (non-hydrogen) atoms.